The third-order valence-corrected chi connectivity index (χ3v) is 3.55. The van der Waals surface area contributed by atoms with Crippen LogP contribution in [0.25, 0.3) is 0 Å². The van der Waals surface area contributed by atoms with Crippen molar-refractivity contribution in [2.45, 2.75) is 66.2 Å². The van der Waals surface area contributed by atoms with Crippen molar-refractivity contribution < 1.29 is 5.11 Å². The van der Waals surface area contributed by atoms with Crippen LogP contribution in [0.2, 0.25) is 0 Å². The van der Waals surface area contributed by atoms with Crippen LogP contribution in [-0.4, -0.2) is 11.7 Å². The molecule has 0 radical (unpaired) electrons. The summed E-state index contributed by atoms with van der Waals surface area (Å²) in [5.74, 6) is 0.778. The Hall–Kier alpha value is -0.0400. The van der Waals surface area contributed by atoms with Crippen LogP contribution in [0.1, 0.15) is 66.2 Å². The summed E-state index contributed by atoms with van der Waals surface area (Å²) in [6.45, 7) is 9.72. The molecule has 0 aromatic carbocycles. The van der Waals surface area contributed by atoms with Gasteiger partial charge in [0.1, 0.15) is 0 Å². The second-order valence-corrected chi connectivity index (χ2v) is 5.21. The fourth-order valence-electron chi connectivity index (χ4n) is 1.83. The summed E-state index contributed by atoms with van der Waals surface area (Å²) < 4.78 is 0. The molecule has 1 atom stereocenters. The van der Waals surface area contributed by atoms with E-state index in [-0.39, 0.29) is 0 Å². The van der Waals surface area contributed by atoms with E-state index < -0.39 is 0 Å². The van der Waals surface area contributed by atoms with Crippen molar-refractivity contribution in [3.63, 3.8) is 0 Å². The minimum absolute atomic E-state index is 0.349. The molecule has 14 heavy (non-hydrogen) atoms. The highest BCUT2D eigenvalue weighted by Crippen LogP contribution is 2.35. The summed E-state index contributed by atoms with van der Waals surface area (Å²) in [6, 6.07) is 0. The van der Waals surface area contributed by atoms with E-state index in [9.17, 15) is 0 Å². The third kappa shape index (κ3) is 5.64. The van der Waals surface area contributed by atoms with Gasteiger partial charge >= 0.3 is 0 Å². The van der Waals surface area contributed by atoms with Gasteiger partial charge in [0.15, 0.2) is 0 Å². The van der Waals surface area contributed by atoms with E-state index >= 15 is 0 Å². The summed E-state index contributed by atoms with van der Waals surface area (Å²) in [6.07, 6.45) is 7.38. The van der Waals surface area contributed by atoms with Crippen LogP contribution in [0.15, 0.2) is 0 Å². The molecule has 1 unspecified atom stereocenters. The van der Waals surface area contributed by atoms with Gasteiger partial charge in [-0.3, -0.25) is 0 Å². The third-order valence-electron chi connectivity index (χ3n) is 3.55. The minimum Gasteiger partial charge on any atom is -0.396 e. The molecular weight excluding hydrogens is 172 g/mol. The lowest BCUT2D eigenvalue weighted by molar-refractivity contribution is 0.185. The predicted molar refractivity (Wildman–Crippen MR) is 63.4 cm³/mol. The molecule has 1 heteroatoms. The van der Waals surface area contributed by atoms with Gasteiger partial charge in [-0.25, -0.2) is 0 Å². The quantitative estimate of drug-likeness (QED) is 0.587. The molecule has 0 aromatic rings. The lowest BCUT2D eigenvalue weighted by Crippen LogP contribution is -2.21. The molecule has 1 nitrogen and oxygen atoms in total. The van der Waals surface area contributed by atoms with E-state index in [0.717, 1.165) is 12.3 Å². The second-order valence-electron chi connectivity index (χ2n) is 5.21. The van der Waals surface area contributed by atoms with Crippen molar-refractivity contribution >= 4 is 0 Å². The maximum absolute atomic E-state index is 8.72. The molecule has 0 amide bonds. The number of hydrogen-bond donors (Lipinski definition) is 1. The molecule has 0 bridgehead atoms. The van der Waals surface area contributed by atoms with Gasteiger partial charge in [-0.05, 0) is 24.2 Å². The molecule has 86 valence electrons. The van der Waals surface area contributed by atoms with E-state index in [4.69, 9.17) is 5.11 Å². The highest BCUT2D eigenvalue weighted by molar-refractivity contribution is 4.75. The first-order chi connectivity index (χ1) is 6.54. The van der Waals surface area contributed by atoms with E-state index in [0.29, 0.717) is 12.0 Å². The minimum atomic E-state index is 0.349. The second kappa shape index (κ2) is 7.28. The van der Waals surface area contributed by atoms with Gasteiger partial charge in [0, 0.05) is 6.61 Å². The molecule has 0 saturated heterocycles. The Kier molecular flexibility index (Phi) is 7.26. The zero-order valence-electron chi connectivity index (χ0n) is 10.5. The first-order valence-electron chi connectivity index (χ1n) is 6.15. The number of hydrogen-bond acceptors (Lipinski definition) is 1. The predicted octanol–water partition coefficient (Wildman–Crippen LogP) is 4.00. The average Bonchev–Trinajstić information content (AvgIpc) is 2.15. The largest absolute Gasteiger partial charge is 0.396 e. The van der Waals surface area contributed by atoms with Crippen LogP contribution in [0.3, 0.4) is 0 Å². The monoisotopic (exact) mass is 200 g/mol. The number of rotatable bonds is 8. The normalized spacial score (nSPS) is 14.4. The van der Waals surface area contributed by atoms with Crippen molar-refractivity contribution in [2.24, 2.45) is 11.3 Å². The standard InChI is InChI=1S/C13H28O/c1-5-6-10-13(3,4)12(2)9-7-8-11-14/h12,14H,5-11H2,1-4H3. The Balaban J connectivity index is 3.75. The van der Waals surface area contributed by atoms with E-state index in [1.165, 1.54) is 32.1 Å². The molecule has 0 heterocycles. The van der Waals surface area contributed by atoms with Gasteiger partial charge in [0.05, 0.1) is 0 Å². The summed E-state index contributed by atoms with van der Waals surface area (Å²) in [5, 5.41) is 8.72. The lowest BCUT2D eigenvalue weighted by atomic mass is 9.74. The number of aliphatic hydroxyl groups is 1. The summed E-state index contributed by atoms with van der Waals surface area (Å²) >= 11 is 0. The van der Waals surface area contributed by atoms with Gasteiger partial charge in [-0.2, -0.15) is 0 Å². The first-order valence-corrected chi connectivity index (χ1v) is 6.15. The highest BCUT2D eigenvalue weighted by Gasteiger charge is 2.24. The van der Waals surface area contributed by atoms with Gasteiger partial charge in [-0.1, -0.05) is 53.4 Å². The Morgan fingerprint density at radius 2 is 1.79 bits per heavy atom. The smallest absolute Gasteiger partial charge is 0.0431 e. The van der Waals surface area contributed by atoms with Gasteiger partial charge < -0.3 is 5.11 Å². The van der Waals surface area contributed by atoms with Gasteiger partial charge in [-0.15, -0.1) is 0 Å². The molecular formula is C13H28O. The molecule has 1 N–H and O–H groups in total. The first kappa shape index (κ1) is 14.0. The Morgan fingerprint density at radius 3 is 2.29 bits per heavy atom. The zero-order valence-corrected chi connectivity index (χ0v) is 10.5. The SMILES string of the molecule is CCCCC(C)(C)C(C)CCCCO. The highest BCUT2D eigenvalue weighted by atomic mass is 16.2. The Labute approximate surface area is 89.9 Å². The lowest BCUT2D eigenvalue weighted by Gasteiger charge is -2.32. The van der Waals surface area contributed by atoms with E-state index in [1.807, 2.05) is 0 Å². The Morgan fingerprint density at radius 1 is 1.14 bits per heavy atom. The van der Waals surface area contributed by atoms with Gasteiger partial charge in [0.25, 0.3) is 0 Å². The maximum Gasteiger partial charge on any atom is 0.0431 e. The van der Waals surface area contributed by atoms with Crippen molar-refractivity contribution in [1.82, 2.24) is 0 Å². The van der Waals surface area contributed by atoms with Crippen LogP contribution in [0.5, 0.6) is 0 Å². The van der Waals surface area contributed by atoms with Crippen molar-refractivity contribution in [3.8, 4) is 0 Å². The average molecular weight is 200 g/mol. The fourth-order valence-corrected chi connectivity index (χ4v) is 1.83. The number of unbranched alkanes of at least 4 members (excludes halogenated alkanes) is 2. The molecule has 0 spiro atoms. The van der Waals surface area contributed by atoms with E-state index in [2.05, 4.69) is 27.7 Å². The van der Waals surface area contributed by atoms with Crippen LogP contribution in [0, 0.1) is 11.3 Å². The van der Waals surface area contributed by atoms with Crippen LogP contribution in [-0.2, 0) is 0 Å². The van der Waals surface area contributed by atoms with Crippen molar-refractivity contribution in [1.29, 1.82) is 0 Å². The topological polar surface area (TPSA) is 20.2 Å². The molecule has 0 aliphatic rings. The van der Waals surface area contributed by atoms with Crippen LogP contribution < -0.4 is 0 Å². The van der Waals surface area contributed by atoms with Crippen LogP contribution in [0.4, 0.5) is 0 Å². The molecule has 0 saturated carbocycles. The number of aliphatic hydroxyl groups excluding tert-OH is 1. The molecule has 0 fully saturated rings. The molecule has 0 aliphatic carbocycles. The Bertz CT molecular complexity index is 129. The fraction of sp³-hybridized carbons (Fsp3) is 1.00. The maximum atomic E-state index is 8.72. The molecule has 0 aromatic heterocycles. The van der Waals surface area contributed by atoms with Crippen molar-refractivity contribution in [3.05, 3.63) is 0 Å². The molecule has 0 aliphatic heterocycles. The summed E-state index contributed by atoms with van der Waals surface area (Å²) in [7, 11) is 0. The van der Waals surface area contributed by atoms with Crippen LogP contribution >= 0.6 is 0 Å². The summed E-state index contributed by atoms with van der Waals surface area (Å²) in [4.78, 5) is 0. The van der Waals surface area contributed by atoms with Gasteiger partial charge in [0.2, 0.25) is 0 Å². The van der Waals surface area contributed by atoms with E-state index in [1.54, 1.807) is 0 Å². The van der Waals surface area contributed by atoms with Crippen molar-refractivity contribution in [2.75, 3.05) is 6.61 Å². The molecule has 0 rings (SSSR count). The summed E-state index contributed by atoms with van der Waals surface area (Å²) in [5.41, 5.74) is 0.478. The zero-order chi connectivity index (χ0) is 11.0.